The fourth-order valence-electron chi connectivity index (χ4n) is 1.62. The molecule has 74 valence electrons. The van der Waals surface area contributed by atoms with E-state index in [-0.39, 0.29) is 17.7 Å². The largest absolute Gasteiger partial charge is 0.282 e. The number of amides is 2. The Hall–Kier alpha value is -0.860. The topological polar surface area (TPSA) is 37.4 Å². The van der Waals surface area contributed by atoms with Crippen LogP contribution in [-0.2, 0) is 9.59 Å². The van der Waals surface area contributed by atoms with Gasteiger partial charge in [-0.15, -0.1) is 0 Å². The lowest BCUT2D eigenvalue weighted by Crippen LogP contribution is -2.31. The van der Waals surface area contributed by atoms with Gasteiger partial charge in [-0.25, -0.2) is 0 Å². The minimum atomic E-state index is -0.0376. The van der Waals surface area contributed by atoms with Crippen molar-refractivity contribution >= 4 is 11.8 Å². The van der Waals surface area contributed by atoms with Gasteiger partial charge in [0.2, 0.25) is 11.8 Å². The molecule has 13 heavy (non-hydrogen) atoms. The lowest BCUT2D eigenvalue weighted by atomic mass is 10.1. The number of likely N-dealkylation sites (tertiary alicyclic amines) is 1. The van der Waals surface area contributed by atoms with Crippen LogP contribution in [0.15, 0.2) is 0 Å². The summed E-state index contributed by atoms with van der Waals surface area (Å²) in [4.78, 5) is 24.4. The molecule has 0 spiro atoms. The van der Waals surface area contributed by atoms with Crippen LogP contribution in [0, 0.1) is 5.92 Å². The molecule has 0 aromatic rings. The first-order valence-corrected chi connectivity index (χ1v) is 5.04. The molecule has 0 saturated carbocycles. The molecule has 0 aromatic heterocycles. The van der Waals surface area contributed by atoms with Crippen molar-refractivity contribution in [2.75, 3.05) is 6.54 Å². The van der Waals surface area contributed by atoms with Crippen LogP contribution in [0.1, 0.15) is 39.5 Å². The third-order valence-electron chi connectivity index (χ3n) is 2.57. The van der Waals surface area contributed by atoms with Gasteiger partial charge in [0.15, 0.2) is 0 Å². The molecule has 1 aliphatic heterocycles. The quantitative estimate of drug-likeness (QED) is 0.620. The molecule has 1 fully saturated rings. The van der Waals surface area contributed by atoms with Crippen molar-refractivity contribution in [3.05, 3.63) is 0 Å². The Morgan fingerprint density at radius 2 is 2.08 bits per heavy atom. The maximum atomic E-state index is 11.6. The molecule has 1 heterocycles. The fourth-order valence-corrected chi connectivity index (χ4v) is 1.62. The Morgan fingerprint density at radius 1 is 1.38 bits per heavy atom. The Morgan fingerprint density at radius 3 is 2.54 bits per heavy atom. The number of carbonyl (C=O) groups is 2. The van der Waals surface area contributed by atoms with Gasteiger partial charge in [0.05, 0.1) is 0 Å². The van der Waals surface area contributed by atoms with Crippen molar-refractivity contribution in [2.45, 2.75) is 39.5 Å². The van der Waals surface area contributed by atoms with E-state index in [1.165, 1.54) is 4.90 Å². The monoisotopic (exact) mass is 183 g/mol. The van der Waals surface area contributed by atoms with Crippen LogP contribution in [0.5, 0.6) is 0 Å². The van der Waals surface area contributed by atoms with Crippen LogP contribution in [0.4, 0.5) is 0 Å². The minimum Gasteiger partial charge on any atom is -0.282 e. The number of carbonyl (C=O) groups excluding carboxylic acids is 2. The second-order valence-electron chi connectivity index (χ2n) is 3.55. The van der Waals surface area contributed by atoms with Gasteiger partial charge in [0.1, 0.15) is 0 Å². The predicted molar refractivity (Wildman–Crippen MR) is 50.0 cm³/mol. The van der Waals surface area contributed by atoms with Crippen LogP contribution in [-0.4, -0.2) is 23.3 Å². The highest BCUT2D eigenvalue weighted by Gasteiger charge is 2.36. The second-order valence-corrected chi connectivity index (χ2v) is 3.55. The maximum Gasteiger partial charge on any atom is 0.232 e. The van der Waals surface area contributed by atoms with Crippen LogP contribution in [0.25, 0.3) is 0 Å². The van der Waals surface area contributed by atoms with Gasteiger partial charge in [0.25, 0.3) is 0 Å². The lowest BCUT2D eigenvalue weighted by molar-refractivity contribution is -0.139. The first-order chi connectivity index (χ1) is 6.20. The molecule has 3 nitrogen and oxygen atoms in total. The Balaban J connectivity index is 2.54. The smallest absolute Gasteiger partial charge is 0.232 e. The van der Waals surface area contributed by atoms with Gasteiger partial charge in [-0.3, -0.25) is 14.5 Å². The molecule has 1 rings (SSSR count). The zero-order chi connectivity index (χ0) is 9.84. The average molecular weight is 183 g/mol. The normalized spacial score (nSPS) is 22.9. The molecular weight excluding hydrogens is 166 g/mol. The van der Waals surface area contributed by atoms with Crippen LogP contribution >= 0.6 is 0 Å². The summed E-state index contributed by atoms with van der Waals surface area (Å²) in [5, 5.41) is 0. The molecule has 0 N–H and O–H groups in total. The van der Waals surface area contributed by atoms with Crippen molar-refractivity contribution in [2.24, 2.45) is 5.92 Å². The molecule has 1 atom stereocenters. The van der Waals surface area contributed by atoms with Crippen molar-refractivity contribution in [3.8, 4) is 0 Å². The highest BCUT2D eigenvalue weighted by atomic mass is 16.2. The van der Waals surface area contributed by atoms with E-state index in [2.05, 4.69) is 6.92 Å². The van der Waals surface area contributed by atoms with E-state index in [4.69, 9.17) is 0 Å². The van der Waals surface area contributed by atoms with Gasteiger partial charge >= 0.3 is 0 Å². The molecule has 0 aromatic carbocycles. The van der Waals surface area contributed by atoms with E-state index in [9.17, 15) is 9.59 Å². The lowest BCUT2D eigenvalue weighted by Gasteiger charge is -2.13. The van der Waals surface area contributed by atoms with Gasteiger partial charge in [-0.1, -0.05) is 20.3 Å². The molecule has 0 bridgehead atoms. The highest BCUT2D eigenvalue weighted by Crippen LogP contribution is 2.22. The molecular formula is C10H17NO2. The number of nitrogens with zero attached hydrogens (tertiary/aromatic N) is 1. The van der Waals surface area contributed by atoms with Crippen molar-refractivity contribution in [1.29, 1.82) is 0 Å². The van der Waals surface area contributed by atoms with E-state index in [0.717, 1.165) is 19.3 Å². The summed E-state index contributed by atoms with van der Waals surface area (Å²) < 4.78 is 0. The summed E-state index contributed by atoms with van der Waals surface area (Å²) in [6, 6.07) is 0. The molecule has 1 saturated heterocycles. The molecule has 1 aliphatic rings. The van der Waals surface area contributed by atoms with Gasteiger partial charge in [-0.2, -0.15) is 0 Å². The number of hydrogen-bond donors (Lipinski definition) is 0. The number of imide groups is 1. The van der Waals surface area contributed by atoms with Gasteiger partial charge in [0, 0.05) is 18.9 Å². The number of rotatable bonds is 4. The van der Waals surface area contributed by atoms with E-state index in [0.29, 0.717) is 13.0 Å². The van der Waals surface area contributed by atoms with E-state index in [1.807, 2.05) is 6.92 Å². The van der Waals surface area contributed by atoms with Crippen LogP contribution in [0.2, 0.25) is 0 Å². The Bertz CT molecular complexity index is 213. The fraction of sp³-hybridized carbons (Fsp3) is 0.800. The van der Waals surface area contributed by atoms with Gasteiger partial charge in [-0.05, 0) is 12.8 Å². The molecule has 2 amide bonds. The molecule has 1 unspecified atom stereocenters. The SMILES string of the molecule is CCCCN1C(=O)CC(CC)C1=O. The van der Waals surface area contributed by atoms with Crippen LogP contribution < -0.4 is 0 Å². The summed E-state index contributed by atoms with van der Waals surface area (Å²) in [6.07, 6.45) is 3.16. The minimum absolute atomic E-state index is 0.0188. The molecule has 3 heteroatoms. The average Bonchev–Trinajstić information content (AvgIpc) is 2.39. The van der Waals surface area contributed by atoms with Crippen molar-refractivity contribution in [1.82, 2.24) is 4.90 Å². The summed E-state index contributed by atoms with van der Waals surface area (Å²) in [5.41, 5.74) is 0. The summed E-state index contributed by atoms with van der Waals surface area (Å²) in [5.74, 6) is 0.0237. The standard InChI is InChI=1S/C10H17NO2/c1-3-5-6-11-9(12)7-8(4-2)10(11)13/h8H,3-7H2,1-2H3. The number of hydrogen-bond acceptors (Lipinski definition) is 2. The first kappa shape index (κ1) is 10.2. The van der Waals surface area contributed by atoms with E-state index >= 15 is 0 Å². The van der Waals surface area contributed by atoms with E-state index in [1.54, 1.807) is 0 Å². The third kappa shape index (κ3) is 2.08. The van der Waals surface area contributed by atoms with Crippen molar-refractivity contribution < 1.29 is 9.59 Å². The predicted octanol–water partition coefficient (Wildman–Crippen LogP) is 1.57. The molecule has 0 aliphatic carbocycles. The Kier molecular flexibility index (Phi) is 3.46. The second kappa shape index (κ2) is 4.40. The zero-order valence-corrected chi connectivity index (χ0v) is 8.38. The summed E-state index contributed by atoms with van der Waals surface area (Å²) in [7, 11) is 0. The third-order valence-corrected chi connectivity index (χ3v) is 2.57. The zero-order valence-electron chi connectivity index (χ0n) is 8.38. The summed E-state index contributed by atoms with van der Waals surface area (Å²) >= 11 is 0. The van der Waals surface area contributed by atoms with Gasteiger partial charge < -0.3 is 0 Å². The molecule has 0 radical (unpaired) electrons. The maximum absolute atomic E-state index is 11.6. The van der Waals surface area contributed by atoms with E-state index < -0.39 is 0 Å². The first-order valence-electron chi connectivity index (χ1n) is 5.04. The van der Waals surface area contributed by atoms with Crippen LogP contribution in [0.3, 0.4) is 0 Å². The van der Waals surface area contributed by atoms with Crippen molar-refractivity contribution in [3.63, 3.8) is 0 Å². The number of unbranched alkanes of at least 4 members (excludes halogenated alkanes) is 1. The Labute approximate surface area is 79.1 Å². The summed E-state index contributed by atoms with van der Waals surface area (Å²) in [6.45, 7) is 4.63. The highest BCUT2D eigenvalue weighted by molar-refractivity contribution is 6.03.